The van der Waals surface area contributed by atoms with E-state index in [1.54, 1.807) is 36.7 Å². The largest absolute Gasteiger partial charge is 0.352 e. The molecule has 2 aromatic heterocycles. The average molecular weight is 445 g/mol. The number of aryl methyl sites for hydroxylation is 3. The molecule has 0 saturated heterocycles. The Morgan fingerprint density at radius 2 is 1.84 bits per heavy atom. The van der Waals surface area contributed by atoms with Crippen LogP contribution in [0.3, 0.4) is 0 Å². The summed E-state index contributed by atoms with van der Waals surface area (Å²) in [7, 11) is 0. The maximum absolute atomic E-state index is 12.5. The van der Waals surface area contributed by atoms with E-state index >= 15 is 0 Å². The minimum Gasteiger partial charge on any atom is -0.352 e. The highest BCUT2D eigenvalue weighted by Crippen LogP contribution is 2.23. The summed E-state index contributed by atoms with van der Waals surface area (Å²) in [6.45, 7) is 8.59. The minimum atomic E-state index is -0.419. The summed E-state index contributed by atoms with van der Waals surface area (Å²) < 4.78 is 3.43. The lowest BCUT2D eigenvalue weighted by atomic mass is 10.1. The zero-order chi connectivity index (χ0) is 22.7. The van der Waals surface area contributed by atoms with Crippen molar-refractivity contribution in [2.24, 2.45) is 0 Å². The lowest BCUT2D eigenvalue weighted by molar-refractivity contribution is -0.386. The number of aromatic nitrogens is 4. The van der Waals surface area contributed by atoms with E-state index in [2.05, 4.69) is 15.5 Å². The van der Waals surface area contributed by atoms with Crippen LogP contribution in [-0.4, -0.2) is 36.9 Å². The molecule has 0 aliphatic heterocycles. The number of rotatable bonds is 8. The van der Waals surface area contributed by atoms with Gasteiger partial charge in [0.05, 0.1) is 27.9 Å². The van der Waals surface area contributed by atoms with E-state index in [0.717, 1.165) is 23.4 Å². The van der Waals surface area contributed by atoms with Crippen LogP contribution < -0.4 is 5.32 Å². The van der Waals surface area contributed by atoms with Crippen LogP contribution >= 0.6 is 11.6 Å². The van der Waals surface area contributed by atoms with Crippen LogP contribution in [0.4, 0.5) is 5.69 Å². The highest BCUT2D eigenvalue weighted by molar-refractivity contribution is 6.31. The predicted molar refractivity (Wildman–Crippen MR) is 118 cm³/mol. The van der Waals surface area contributed by atoms with Gasteiger partial charge in [-0.2, -0.15) is 10.2 Å². The number of carbonyl (C=O) groups excluding carboxylic acids is 1. The van der Waals surface area contributed by atoms with E-state index in [-0.39, 0.29) is 11.6 Å². The van der Waals surface area contributed by atoms with Crippen molar-refractivity contribution in [3.63, 3.8) is 0 Å². The van der Waals surface area contributed by atoms with E-state index in [9.17, 15) is 14.9 Å². The lowest BCUT2D eigenvalue weighted by Crippen LogP contribution is -2.25. The molecule has 0 fully saturated rings. The van der Waals surface area contributed by atoms with Crippen LogP contribution in [0.15, 0.2) is 24.3 Å². The molecule has 0 aliphatic rings. The highest BCUT2D eigenvalue weighted by Gasteiger charge is 2.21. The lowest BCUT2D eigenvalue weighted by Gasteiger charge is -2.09. The maximum atomic E-state index is 12.5. The topological polar surface area (TPSA) is 108 Å². The predicted octanol–water partition coefficient (Wildman–Crippen LogP) is 3.74. The molecule has 0 aliphatic carbocycles. The summed E-state index contributed by atoms with van der Waals surface area (Å²) in [5.74, 6) is -0.174. The Kier molecular flexibility index (Phi) is 6.74. The molecular formula is C21H25ClN6O3. The standard InChI is InChI=1S/C21H25ClN6O3/c1-13-19(22)15(3)26(24-13)10-6-9-23-21(29)18-8-5-7-17(11-18)12-27-16(4)20(28(30)31)14(2)25-27/h5,7-8,11H,6,9-10,12H2,1-4H3,(H,23,29). The third kappa shape index (κ3) is 4.93. The van der Waals surface area contributed by atoms with Gasteiger partial charge < -0.3 is 5.32 Å². The molecule has 1 N–H and O–H groups in total. The molecule has 31 heavy (non-hydrogen) atoms. The third-order valence-electron chi connectivity index (χ3n) is 5.17. The average Bonchev–Trinajstić information content (AvgIpc) is 3.14. The van der Waals surface area contributed by atoms with Crippen molar-refractivity contribution < 1.29 is 9.72 Å². The first-order valence-corrected chi connectivity index (χ1v) is 10.3. The van der Waals surface area contributed by atoms with Gasteiger partial charge >= 0.3 is 5.69 Å². The first-order valence-electron chi connectivity index (χ1n) is 9.94. The van der Waals surface area contributed by atoms with Crippen molar-refractivity contribution in [2.45, 2.75) is 47.2 Å². The van der Waals surface area contributed by atoms with Gasteiger partial charge in [-0.1, -0.05) is 23.7 Å². The van der Waals surface area contributed by atoms with Crippen LogP contribution in [-0.2, 0) is 13.1 Å². The number of nitro groups is 1. The van der Waals surface area contributed by atoms with Gasteiger partial charge in [0, 0.05) is 18.7 Å². The molecule has 2 heterocycles. The van der Waals surface area contributed by atoms with Crippen molar-refractivity contribution >= 4 is 23.2 Å². The molecule has 10 heteroatoms. The van der Waals surface area contributed by atoms with Gasteiger partial charge in [0.25, 0.3) is 5.91 Å². The van der Waals surface area contributed by atoms with Gasteiger partial charge in [0.15, 0.2) is 0 Å². The Hall–Kier alpha value is -3.20. The molecule has 3 rings (SSSR count). The molecule has 0 unspecified atom stereocenters. The fourth-order valence-electron chi connectivity index (χ4n) is 3.52. The van der Waals surface area contributed by atoms with Gasteiger partial charge in [-0.3, -0.25) is 24.3 Å². The molecule has 1 amide bonds. The molecule has 3 aromatic rings. The summed E-state index contributed by atoms with van der Waals surface area (Å²) >= 11 is 6.16. The maximum Gasteiger partial charge on any atom is 0.312 e. The van der Waals surface area contributed by atoms with E-state index in [1.165, 1.54) is 0 Å². The number of benzene rings is 1. The number of hydrogen-bond donors (Lipinski definition) is 1. The second-order valence-corrected chi connectivity index (χ2v) is 7.83. The second-order valence-electron chi connectivity index (χ2n) is 7.45. The first-order chi connectivity index (χ1) is 14.7. The zero-order valence-electron chi connectivity index (χ0n) is 18.0. The molecule has 0 spiro atoms. The van der Waals surface area contributed by atoms with Crippen LogP contribution in [0.25, 0.3) is 0 Å². The van der Waals surface area contributed by atoms with Crippen molar-refractivity contribution in [1.29, 1.82) is 0 Å². The number of carbonyl (C=O) groups is 1. The normalized spacial score (nSPS) is 11.0. The number of nitrogens with one attached hydrogen (secondary N) is 1. The van der Waals surface area contributed by atoms with Gasteiger partial charge in [-0.15, -0.1) is 0 Å². The van der Waals surface area contributed by atoms with Gasteiger partial charge in [-0.05, 0) is 51.8 Å². The highest BCUT2D eigenvalue weighted by atomic mass is 35.5. The Bertz CT molecular complexity index is 1130. The minimum absolute atomic E-state index is 0.0257. The fraction of sp³-hybridized carbons (Fsp3) is 0.381. The summed E-state index contributed by atoms with van der Waals surface area (Å²) in [5, 5.41) is 23.4. The molecular weight excluding hydrogens is 420 g/mol. The number of hydrogen-bond acceptors (Lipinski definition) is 5. The quantitative estimate of drug-likeness (QED) is 0.323. The molecule has 0 bridgehead atoms. The van der Waals surface area contributed by atoms with Gasteiger partial charge in [0.2, 0.25) is 0 Å². The van der Waals surface area contributed by atoms with Gasteiger partial charge in [-0.25, -0.2) is 0 Å². The smallest absolute Gasteiger partial charge is 0.312 e. The van der Waals surface area contributed by atoms with Crippen molar-refractivity contribution in [1.82, 2.24) is 24.9 Å². The summed E-state index contributed by atoms with van der Waals surface area (Å²) in [4.78, 5) is 23.3. The Morgan fingerprint density at radius 1 is 1.13 bits per heavy atom. The zero-order valence-corrected chi connectivity index (χ0v) is 18.7. The fourth-order valence-corrected chi connectivity index (χ4v) is 3.65. The number of amides is 1. The summed E-state index contributed by atoms with van der Waals surface area (Å²) in [6.07, 6.45) is 0.721. The molecule has 9 nitrogen and oxygen atoms in total. The summed E-state index contributed by atoms with van der Waals surface area (Å²) in [6, 6.07) is 7.18. The molecule has 1 aromatic carbocycles. The summed E-state index contributed by atoms with van der Waals surface area (Å²) in [5.41, 5.74) is 3.98. The SMILES string of the molecule is Cc1nn(CCCNC(=O)c2cccc(Cn3nc(C)c([N+](=O)[O-])c3C)c2)c(C)c1Cl. The van der Waals surface area contributed by atoms with E-state index in [0.29, 0.717) is 41.6 Å². The Balaban J connectivity index is 1.59. The third-order valence-corrected chi connectivity index (χ3v) is 5.72. The van der Waals surface area contributed by atoms with Crippen LogP contribution in [0.2, 0.25) is 5.02 Å². The first kappa shape index (κ1) is 22.5. The van der Waals surface area contributed by atoms with Gasteiger partial charge in [0.1, 0.15) is 11.4 Å². The van der Waals surface area contributed by atoms with Crippen molar-refractivity contribution in [3.05, 3.63) is 73.3 Å². The molecule has 0 atom stereocenters. The molecule has 0 saturated carbocycles. The van der Waals surface area contributed by atoms with E-state index in [4.69, 9.17) is 11.6 Å². The number of nitrogens with zero attached hydrogens (tertiary/aromatic N) is 5. The van der Waals surface area contributed by atoms with Crippen molar-refractivity contribution in [2.75, 3.05) is 6.54 Å². The molecule has 0 radical (unpaired) electrons. The van der Waals surface area contributed by atoms with Crippen LogP contribution in [0.1, 0.15) is 45.1 Å². The second kappa shape index (κ2) is 9.30. The van der Waals surface area contributed by atoms with E-state index < -0.39 is 4.92 Å². The van der Waals surface area contributed by atoms with Crippen molar-refractivity contribution in [3.8, 4) is 0 Å². The Morgan fingerprint density at radius 3 is 2.45 bits per heavy atom. The molecule has 164 valence electrons. The Labute approximate surface area is 185 Å². The monoisotopic (exact) mass is 444 g/mol. The number of halogens is 1. The van der Waals surface area contributed by atoms with Crippen LogP contribution in [0.5, 0.6) is 0 Å². The van der Waals surface area contributed by atoms with Crippen LogP contribution in [0, 0.1) is 37.8 Å². The van der Waals surface area contributed by atoms with E-state index in [1.807, 2.05) is 24.6 Å².